The van der Waals surface area contributed by atoms with E-state index < -0.39 is 0 Å². The maximum Gasteiger partial charge on any atom is 0.276 e. The van der Waals surface area contributed by atoms with Crippen molar-refractivity contribution in [3.05, 3.63) is 17.5 Å². The predicted octanol–water partition coefficient (Wildman–Crippen LogP) is 0.855. The summed E-state index contributed by atoms with van der Waals surface area (Å²) < 4.78 is 10.8. The molecule has 7 heteroatoms. The highest BCUT2D eigenvalue weighted by Crippen LogP contribution is 2.16. The Morgan fingerprint density at radius 1 is 1.23 bits per heavy atom. The molecule has 2 aliphatic rings. The van der Waals surface area contributed by atoms with Crippen molar-refractivity contribution in [2.75, 3.05) is 59.5 Å². The number of rotatable bonds is 4. The number of hydrogen-bond acceptors (Lipinski definition) is 6. The highest BCUT2D eigenvalue weighted by molar-refractivity contribution is 5.92. The van der Waals surface area contributed by atoms with E-state index in [1.54, 1.807) is 13.0 Å². The van der Waals surface area contributed by atoms with Crippen LogP contribution in [0.3, 0.4) is 0 Å². The summed E-state index contributed by atoms with van der Waals surface area (Å²) in [5, 5.41) is 3.80. The average Bonchev–Trinajstić information content (AvgIpc) is 3.09. The van der Waals surface area contributed by atoms with Crippen LogP contribution in [0.2, 0.25) is 0 Å². The molecule has 3 rings (SSSR count). The average molecular weight is 360 g/mol. The molecule has 2 aliphatic heterocycles. The third kappa shape index (κ3) is 5.31. The van der Waals surface area contributed by atoms with Gasteiger partial charge in [-0.2, -0.15) is 0 Å². The van der Waals surface area contributed by atoms with Gasteiger partial charge >= 0.3 is 0 Å². The number of amides is 1. The number of carbonyl (C=O) groups excluding carboxylic acids is 1. The van der Waals surface area contributed by atoms with Gasteiger partial charge in [0.2, 0.25) is 0 Å². The van der Waals surface area contributed by atoms with E-state index in [2.05, 4.69) is 33.8 Å². The lowest BCUT2D eigenvalue weighted by Crippen LogP contribution is -2.44. The smallest absolute Gasteiger partial charge is 0.276 e. The number of aryl methyl sites for hydroxylation is 1. The summed E-state index contributed by atoms with van der Waals surface area (Å²) in [6.07, 6.45) is 1.85. The highest BCUT2D eigenvalue weighted by atomic mass is 16.5. The van der Waals surface area contributed by atoms with Gasteiger partial charge in [0.1, 0.15) is 12.4 Å². The van der Waals surface area contributed by atoms with E-state index in [1.807, 2.05) is 4.90 Å². The van der Waals surface area contributed by atoms with Gasteiger partial charge in [-0.25, -0.2) is 0 Å². The second-order valence-corrected chi connectivity index (χ2v) is 7.06. The van der Waals surface area contributed by atoms with Gasteiger partial charge in [-0.3, -0.25) is 9.69 Å². The molecule has 142 valence electrons. The number of likely N-dealkylation sites (N-methyl/N-ethyl adjacent to an activating group) is 1. The molecule has 1 amide bonds. The lowest BCUT2D eigenvalue weighted by Gasteiger charge is -2.31. The molecule has 0 bridgehead atoms. The van der Waals surface area contributed by atoms with Gasteiger partial charge in [-0.15, -0.1) is 0 Å². The van der Waals surface area contributed by atoms with Gasteiger partial charge in [0.05, 0.1) is 12.6 Å². The lowest BCUT2D eigenvalue weighted by atomic mass is 10.1. The zero-order valence-corrected chi connectivity index (χ0v) is 15.7. The van der Waals surface area contributed by atoms with Crippen molar-refractivity contribution in [1.82, 2.24) is 19.9 Å². The molecule has 3 heterocycles. The summed E-state index contributed by atoms with van der Waals surface area (Å²) >= 11 is 0. The van der Waals surface area contributed by atoms with Crippen LogP contribution in [0.4, 0.5) is 0 Å². The fourth-order valence-electron chi connectivity index (χ4n) is 3.24. The Hall–Kier alpha value is -1.88. The normalized spacial score (nSPS) is 20.0. The summed E-state index contributed by atoms with van der Waals surface area (Å²) in [5.74, 6) is 6.92. The maximum atomic E-state index is 12.3. The van der Waals surface area contributed by atoms with E-state index in [-0.39, 0.29) is 12.0 Å². The maximum absolute atomic E-state index is 12.3. The molecule has 0 aliphatic carbocycles. The molecular formula is C19H28N4O3. The lowest BCUT2D eigenvalue weighted by molar-refractivity contribution is 0.0226. The Morgan fingerprint density at radius 2 is 1.96 bits per heavy atom. The third-order valence-corrected chi connectivity index (χ3v) is 4.99. The largest absolute Gasteiger partial charge is 0.365 e. The Bertz CT molecular complexity index is 647. The number of piperidine rings is 1. The van der Waals surface area contributed by atoms with Crippen LogP contribution in [-0.4, -0.2) is 91.3 Å². The van der Waals surface area contributed by atoms with E-state index in [9.17, 15) is 4.79 Å². The zero-order chi connectivity index (χ0) is 18.4. The van der Waals surface area contributed by atoms with E-state index in [0.29, 0.717) is 31.2 Å². The van der Waals surface area contributed by atoms with Gasteiger partial charge < -0.3 is 19.1 Å². The highest BCUT2D eigenvalue weighted by Gasteiger charge is 2.25. The van der Waals surface area contributed by atoms with Crippen LogP contribution in [-0.2, 0) is 4.74 Å². The Balaban J connectivity index is 1.32. The SMILES string of the molecule is Cc1cc(C(=O)N2CCC(OCC#CCN3CCN(C)CC3)CC2)no1. The zero-order valence-electron chi connectivity index (χ0n) is 15.7. The van der Waals surface area contributed by atoms with Crippen LogP contribution in [0.5, 0.6) is 0 Å². The standard InChI is InChI=1S/C19H28N4O3/c1-16-15-18(20-26-16)19(24)23-8-5-17(6-9-23)25-14-4-3-7-22-12-10-21(2)11-13-22/h15,17H,5-14H2,1-2H3. The van der Waals surface area contributed by atoms with Crippen molar-refractivity contribution in [1.29, 1.82) is 0 Å². The minimum Gasteiger partial charge on any atom is -0.365 e. The summed E-state index contributed by atoms with van der Waals surface area (Å²) in [6.45, 7) is 8.85. The number of piperazine rings is 1. The molecule has 0 unspecified atom stereocenters. The number of ether oxygens (including phenoxy) is 1. The molecule has 0 N–H and O–H groups in total. The number of hydrogen-bond donors (Lipinski definition) is 0. The second kappa shape index (κ2) is 9.17. The number of carbonyl (C=O) groups is 1. The number of likely N-dealkylation sites (tertiary alicyclic amines) is 1. The van der Waals surface area contributed by atoms with Crippen molar-refractivity contribution >= 4 is 5.91 Å². The Morgan fingerprint density at radius 3 is 2.62 bits per heavy atom. The first-order valence-electron chi connectivity index (χ1n) is 9.32. The third-order valence-electron chi connectivity index (χ3n) is 4.99. The quantitative estimate of drug-likeness (QED) is 0.742. The molecule has 1 aromatic heterocycles. The number of aromatic nitrogens is 1. The minimum atomic E-state index is -0.0627. The van der Waals surface area contributed by atoms with Crippen LogP contribution < -0.4 is 0 Å². The van der Waals surface area contributed by atoms with Gasteiger partial charge in [0, 0.05) is 45.3 Å². The molecule has 2 fully saturated rings. The molecule has 26 heavy (non-hydrogen) atoms. The van der Waals surface area contributed by atoms with Crippen molar-refractivity contribution in [3.63, 3.8) is 0 Å². The molecule has 0 atom stereocenters. The molecule has 2 saturated heterocycles. The Kier molecular flexibility index (Phi) is 6.67. The summed E-state index contributed by atoms with van der Waals surface area (Å²) in [5.41, 5.74) is 0.386. The summed E-state index contributed by atoms with van der Waals surface area (Å²) in [4.78, 5) is 18.9. The van der Waals surface area contributed by atoms with Crippen molar-refractivity contribution in [3.8, 4) is 11.8 Å². The fourth-order valence-corrected chi connectivity index (χ4v) is 3.24. The van der Waals surface area contributed by atoms with Crippen LogP contribution >= 0.6 is 0 Å². The first-order chi connectivity index (χ1) is 12.6. The molecule has 0 saturated carbocycles. The van der Waals surface area contributed by atoms with E-state index in [0.717, 1.165) is 45.6 Å². The molecular weight excluding hydrogens is 332 g/mol. The van der Waals surface area contributed by atoms with Crippen molar-refractivity contribution < 1.29 is 14.1 Å². The van der Waals surface area contributed by atoms with E-state index >= 15 is 0 Å². The monoisotopic (exact) mass is 360 g/mol. The molecule has 0 radical (unpaired) electrons. The first kappa shape index (κ1) is 18.9. The molecule has 0 spiro atoms. The summed E-state index contributed by atoms with van der Waals surface area (Å²) in [6, 6.07) is 1.68. The predicted molar refractivity (Wildman–Crippen MR) is 97.8 cm³/mol. The Labute approximate surface area is 155 Å². The van der Waals surface area contributed by atoms with E-state index in [1.165, 1.54) is 0 Å². The van der Waals surface area contributed by atoms with Gasteiger partial charge in [0.15, 0.2) is 5.69 Å². The fraction of sp³-hybridized carbons (Fsp3) is 0.684. The molecule has 0 aromatic carbocycles. The van der Waals surface area contributed by atoms with E-state index in [4.69, 9.17) is 9.26 Å². The minimum absolute atomic E-state index is 0.0627. The van der Waals surface area contributed by atoms with Gasteiger partial charge in [0.25, 0.3) is 5.91 Å². The first-order valence-corrected chi connectivity index (χ1v) is 9.32. The number of nitrogens with zero attached hydrogens (tertiary/aromatic N) is 4. The van der Waals surface area contributed by atoms with Crippen LogP contribution in [0.25, 0.3) is 0 Å². The van der Waals surface area contributed by atoms with Crippen molar-refractivity contribution in [2.45, 2.75) is 25.9 Å². The van der Waals surface area contributed by atoms with Crippen LogP contribution in [0.1, 0.15) is 29.1 Å². The molecule has 1 aromatic rings. The van der Waals surface area contributed by atoms with Gasteiger partial charge in [-0.05, 0) is 26.8 Å². The van der Waals surface area contributed by atoms with Crippen LogP contribution in [0.15, 0.2) is 10.6 Å². The van der Waals surface area contributed by atoms with Crippen LogP contribution in [0, 0.1) is 18.8 Å². The van der Waals surface area contributed by atoms with Crippen molar-refractivity contribution in [2.24, 2.45) is 0 Å². The van der Waals surface area contributed by atoms with Gasteiger partial charge in [-0.1, -0.05) is 17.0 Å². The topological polar surface area (TPSA) is 62.1 Å². The second-order valence-electron chi connectivity index (χ2n) is 7.06. The summed E-state index contributed by atoms with van der Waals surface area (Å²) in [7, 11) is 2.16. The molecule has 7 nitrogen and oxygen atoms in total.